The van der Waals surface area contributed by atoms with Gasteiger partial charge in [0.25, 0.3) is 0 Å². The SMILES string of the molecule is C=CN(Cl)Cc1ccccc1. The molecule has 1 aromatic carbocycles. The molecule has 0 aliphatic carbocycles. The van der Waals surface area contributed by atoms with Gasteiger partial charge in [-0.2, -0.15) is 0 Å². The number of halogens is 1. The third-order valence-corrected chi connectivity index (χ3v) is 1.63. The first kappa shape index (κ1) is 8.15. The summed E-state index contributed by atoms with van der Waals surface area (Å²) in [5.74, 6) is 0. The summed E-state index contributed by atoms with van der Waals surface area (Å²) in [7, 11) is 0. The minimum absolute atomic E-state index is 0.700. The van der Waals surface area contributed by atoms with Crippen molar-refractivity contribution in [2.45, 2.75) is 6.54 Å². The average Bonchev–Trinajstić information content (AvgIpc) is 2.06. The van der Waals surface area contributed by atoms with Crippen LogP contribution in [0.3, 0.4) is 0 Å². The van der Waals surface area contributed by atoms with Gasteiger partial charge in [0, 0.05) is 18.0 Å². The van der Waals surface area contributed by atoms with Gasteiger partial charge in [-0.3, -0.25) is 4.42 Å². The van der Waals surface area contributed by atoms with Gasteiger partial charge in [-0.15, -0.1) is 0 Å². The zero-order valence-electron chi connectivity index (χ0n) is 6.20. The van der Waals surface area contributed by atoms with E-state index in [0.29, 0.717) is 6.54 Å². The predicted molar refractivity (Wildman–Crippen MR) is 48.0 cm³/mol. The molecule has 0 amide bonds. The Bertz CT molecular complexity index is 220. The van der Waals surface area contributed by atoms with E-state index in [1.54, 1.807) is 6.20 Å². The van der Waals surface area contributed by atoms with Crippen LogP contribution in [0.15, 0.2) is 43.1 Å². The zero-order chi connectivity index (χ0) is 8.10. The second kappa shape index (κ2) is 4.04. The first-order chi connectivity index (χ1) is 5.33. The second-order valence-corrected chi connectivity index (χ2v) is 2.66. The van der Waals surface area contributed by atoms with Crippen LogP contribution in [0.1, 0.15) is 5.56 Å². The largest absolute Gasteiger partial charge is 0.289 e. The summed E-state index contributed by atoms with van der Waals surface area (Å²) < 4.78 is 1.52. The molecule has 1 nitrogen and oxygen atoms in total. The lowest BCUT2D eigenvalue weighted by molar-refractivity contribution is 0.602. The molecule has 0 atom stereocenters. The highest BCUT2D eigenvalue weighted by atomic mass is 35.5. The molecule has 0 fully saturated rings. The first-order valence-electron chi connectivity index (χ1n) is 3.42. The van der Waals surface area contributed by atoms with Crippen LogP contribution >= 0.6 is 11.8 Å². The number of nitrogens with zero attached hydrogens (tertiary/aromatic N) is 1. The molecule has 0 saturated carbocycles. The molecule has 0 aliphatic heterocycles. The maximum absolute atomic E-state index is 5.72. The fourth-order valence-electron chi connectivity index (χ4n) is 0.822. The molecule has 0 aromatic heterocycles. The Morgan fingerprint density at radius 1 is 1.36 bits per heavy atom. The lowest BCUT2D eigenvalue weighted by Gasteiger charge is -2.08. The Morgan fingerprint density at radius 2 is 2.00 bits per heavy atom. The summed E-state index contributed by atoms with van der Waals surface area (Å²) in [4.78, 5) is 0. The number of rotatable bonds is 3. The summed E-state index contributed by atoms with van der Waals surface area (Å²) in [5.41, 5.74) is 1.18. The summed E-state index contributed by atoms with van der Waals surface area (Å²) in [6.07, 6.45) is 1.59. The fourth-order valence-corrected chi connectivity index (χ4v) is 0.960. The molecule has 11 heavy (non-hydrogen) atoms. The Hall–Kier alpha value is -0.950. The molecule has 0 radical (unpaired) electrons. The molecule has 0 bridgehead atoms. The predicted octanol–water partition coefficient (Wildman–Crippen LogP) is 2.79. The van der Waals surface area contributed by atoms with Crippen molar-refractivity contribution >= 4 is 11.8 Å². The number of hydrogen-bond donors (Lipinski definition) is 0. The van der Waals surface area contributed by atoms with Crippen molar-refractivity contribution in [3.63, 3.8) is 0 Å². The van der Waals surface area contributed by atoms with E-state index in [1.165, 1.54) is 9.98 Å². The van der Waals surface area contributed by atoms with Gasteiger partial charge in [0.1, 0.15) is 0 Å². The molecule has 0 spiro atoms. The quantitative estimate of drug-likeness (QED) is 0.626. The highest BCUT2D eigenvalue weighted by Crippen LogP contribution is 2.05. The summed E-state index contributed by atoms with van der Waals surface area (Å²) in [5, 5.41) is 0. The van der Waals surface area contributed by atoms with Gasteiger partial charge in [0.2, 0.25) is 0 Å². The lowest BCUT2D eigenvalue weighted by Crippen LogP contribution is -2.01. The van der Waals surface area contributed by atoms with Crippen molar-refractivity contribution in [3.05, 3.63) is 48.7 Å². The van der Waals surface area contributed by atoms with Crippen LogP contribution in [0.5, 0.6) is 0 Å². The first-order valence-corrected chi connectivity index (χ1v) is 3.75. The smallest absolute Gasteiger partial charge is 0.0592 e. The Balaban J connectivity index is 2.57. The van der Waals surface area contributed by atoms with Gasteiger partial charge in [0.15, 0.2) is 0 Å². The van der Waals surface area contributed by atoms with Crippen molar-refractivity contribution in [1.29, 1.82) is 0 Å². The molecule has 0 aliphatic rings. The highest BCUT2D eigenvalue weighted by molar-refractivity contribution is 6.13. The van der Waals surface area contributed by atoms with Crippen molar-refractivity contribution in [3.8, 4) is 0 Å². The summed E-state index contributed by atoms with van der Waals surface area (Å²) in [6, 6.07) is 10.0. The molecule has 2 heteroatoms. The van der Waals surface area contributed by atoms with Crippen molar-refractivity contribution < 1.29 is 0 Å². The zero-order valence-corrected chi connectivity index (χ0v) is 6.96. The van der Waals surface area contributed by atoms with Gasteiger partial charge in [-0.05, 0) is 5.56 Å². The van der Waals surface area contributed by atoms with E-state index < -0.39 is 0 Å². The van der Waals surface area contributed by atoms with E-state index in [9.17, 15) is 0 Å². The normalized spacial score (nSPS) is 9.18. The summed E-state index contributed by atoms with van der Waals surface area (Å²) >= 11 is 5.72. The number of benzene rings is 1. The monoisotopic (exact) mass is 167 g/mol. The fraction of sp³-hybridized carbons (Fsp3) is 0.111. The van der Waals surface area contributed by atoms with E-state index in [-0.39, 0.29) is 0 Å². The van der Waals surface area contributed by atoms with E-state index in [4.69, 9.17) is 11.8 Å². The van der Waals surface area contributed by atoms with Gasteiger partial charge in [-0.1, -0.05) is 36.9 Å². The van der Waals surface area contributed by atoms with Crippen LogP contribution < -0.4 is 0 Å². The maximum atomic E-state index is 5.72. The van der Waals surface area contributed by atoms with Crippen LogP contribution in [-0.2, 0) is 6.54 Å². The van der Waals surface area contributed by atoms with Crippen LogP contribution in [0.2, 0.25) is 0 Å². The van der Waals surface area contributed by atoms with E-state index in [0.717, 1.165) is 0 Å². The second-order valence-electron chi connectivity index (χ2n) is 2.23. The molecule has 1 rings (SSSR count). The molecular formula is C9H10ClN. The van der Waals surface area contributed by atoms with Crippen LogP contribution in [0, 0.1) is 0 Å². The maximum Gasteiger partial charge on any atom is 0.0592 e. The van der Waals surface area contributed by atoms with E-state index in [2.05, 4.69) is 6.58 Å². The standard InChI is InChI=1S/C9H10ClN/c1-2-11(10)8-9-6-4-3-5-7-9/h2-7H,1,8H2. The topological polar surface area (TPSA) is 3.24 Å². The Morgan fingerprint density at radius 3 is 2.55 bits per heavy atom. The van der Waals surface area contributed by atoms with Gasteiger partial charge in [-0.25, -0.2) is 0 Å². The third-order valence-electron chi connectivity index (χ3n) is 1.37. The lowest BCUT2D eigenvalue weighted by atomic mass is 10.2. The molecule has 0 unspecified atom stereocenters. The Kier molecular flexibility index (Phi) is 2.99. The van der Waals surface area contributed by atoms with E-state index >= 15 is 0 Å². The van der Waals surface area contributed by atoms with Gasteiger partial charge < -0.3 is 0 Å². The number of hydrogen-bond acceptors (Lipinski definition) is 1. The van der Waals surface area contributed by atoms with Crippen LogP contribution in [-0.4, -0.2) is 4.42 Å². The minimum Gasteiger partial charge on any atom is -0.289 e. The molecule has 1 aromatic rings. The molecule has 0 saturated heterocycles. The molecular weight excluding hydrogens is 158 g/mol. The van der Waals surface area contributed by atoms with Gasteiger partial charge in [0.05, 0.1) is 6.54 Å². The molecule has 0 N–H and O–H groups in total. The van der Waals surface area contributed by atoms with Crippen molar-refractivity contribution in [2.75, 3.05) is 0 Å². The van der Waals surface area contributed by atoms with Crippen molar-refractivity contribution in [1.82, 2.24) is 4.42 Å². The highest BCUT2D eigenvalue weighted by Gasteiger charge is 1.93. The minimum atomic E-state index is 0.700. The molecule has 0 heterocycles. The Labute approximate surface area is 72.0 Å². The summed E-state index contributed by atoms with van der Waals surface area (Å²) in [6.45, 7) is 4.25. The van der Waals surface area contributed by atoms with Crippen molar-refractivity contribution in [2.24, 2.45) is 0 Å². The van der Waals surface area contributed by atoms with E-state index in [1.807, 2.05) is 30.3 Å². The van der Waals surface area contributed by atoms with Gasteiger partial charge >= 0.3 is 0 Å². The van der Waals surface area contributed by atoms with Crippen LogP contribution in [0.4, 0.5) is 0 Å². The molecule has 58 valence electrons. The average molecular weight is 168 g/mol. The third kappa shape index (κ3) is 2.64. The van der Waals surface area contributed by atoms with Crippen LogP contribution in [0.25, 0.3) is 0 Å².